The van der Waals surface area contributed by atoms with Gasteiger partial charge in [0.1, 0.15) is 17.3 Å². The van der Waals surface area contributed by atoms with Crippen molar-refractivity contribution in [2.45, 2.75) is 46.1 Å². The van der Waals surface area contributed by atoms with Gasteiger partial charge in [0.25, 0.3) is 11.7 Å². The van der Waals surface area contributed by atoms with Crippen LogP contribution in [-0.2, 0) is 14.3 Å². The van der Waals surface area contributed by atoms with Crippen LogP contribution in [0, 0.1) is 6.92 Å². The highest BCUT2D eigenvalue weighted by molar-refractivity contribution is 6.46. The Kier molecular flexibility index (Phi) is 10.0. The molecule has 210 valence electrons. The number of Topliss-reactive ketones (excluding diaryl/α,β-unsaturated/α-hetero) is 1. The number of hydrogen-bond acceptors (Lipinski definition) is 7. The molecule has 0 aliphatic carbocycles. The van der Waals surface area contributed by atoms with Crippen LogP contribution >= 0.6 is 0 Å². The van der Waals surface area contributed by atoms with Crippen molar-refractivity contribution < 1.29 is 28.9 Å². The standard InChI is InChI=1S/C31H40N2O6/c1-4-6-7-18-39-24-10-8-23(9-11-24)28-27(29(34)26-13-12-25(38-5-2)21-22(26)3)30(35)31(36)33(28)15-14-32-16-19-37-20-17-32/h8-13,21,28,34H,4-7,14-20H2,1-3H3. The van der Waals surface area contributed by atoms with Crippen molar-refractivity contribution in [3.05, 3.63) is 64.7 Å². The molecular formula is C31H40N2O6. The Morgan fingerprint density at radius 1 is 0.974 bits per heavy atom. The molecule has 0 aromatic heterocycles. The number of amides is 1. The average molecular weight is 537 g/mol. The minimum absolute atomic E-state index is 0.103. The average Bonchev–Trinajstić information content (AvgIpc) is 3.20. The molecule has 8 nitrogen and oxygen atoms in total. The highest BCUT2D eigenvalue weighted by atomic mass is 16.5. The summed E-state index contributed by atoms with van der Waals surface area (Å²) in [6, 6.07) is 12.1. The fourth-order valence-corrected chi connectivity index (χ4v) is 5.12. The van der Waals surface area contributed by atoms with E-state index < -0.39 is 17.7 Å². The van der Waals surface area contributed by atoms with E-state index in [1.807, 2.05) is 44.2 Å². The quantitative estimate of drug-likeness (QED) is 0.182. The van der Waals surface area contributed by atoms with Gasteiger partial charge >= 0.3 is 0 Å². The molecule has 0 saturated carbocycles. The predicted molar refractivity (Wildman–Crippen MR) is 150 cm³/mol. The number of hydrogen-bond donors (Lipinski definition) is 1. The molecule has 1 N–H and O–H groups in total. The first-order valence-corrected chi connectivity index (χ1v) is 14.0. The van der Waals surface area contributed by atoms with Gasteiger partial charge in [0.05, 0.1) is 38.0 Å². The Balaban J connectivity index is 1.67. The first-order chi connectivity index (χ1) is 18.9. The summed E-state index contributed by atoms with van der Waals surface area (Å²) in [4.78, 5) is 30.6. The maximum atomic E-state index is 13.4. The van der Waals surface area contributed by atoms with Crippen LogP contribution < -0.4 is 9.47 Å². The molecule has 2 aromatic carbocycles. The van der Waals surface area contributed by atoms with E-state index >= 15 is 0 Å². The first kappa shape index (κ1) is 28.6. The molecule has 1 unspecified atom stereocenters. The maximum Gasteiger partial charge on any atom is 0.295 e. The molecular weight excluding hydrogens is 496 g/mol. The normalized spacial score (nSPS) is 19.5. The third-order valence-corrected chi connectivity index (χ3v) is 7.28. The van der Waals surface area contributed by atoms with Crippen molar-refractivity contribution in [1.82, 2.24) is 9.80 Å². The zero-order valence-electron chi connectivity index (χ0n) is 23.3. The van der Waals surface area contributed by atoms with E-state index in [0.717, 1.165) is 49.2 Å². The lowest BCUT2D eigenvalue weighted by atomic mass is 9.94. The summed E-state index contributed by atoms with van der Waals surface area (Å²) in [6.07, 6.45) is 3.22. The Labute approximate surface area is 231 Å². The third-order valence-electron chi connectivity index (χ3n) is 7.28. The van der Waals surface area contributed by atoms with Gasteiger partial charge in [-0.3, -0.25) is 14.5 Å². The summed E-state index contributed by atoms with van der Waals surface area (Å²) in [5, 5.41) is 11.5. The topological polar surface area (TPSA) is 88.5 Å². The van der Waals surface area contributed by atoms with Gasteiger partial charge in [0, 0.05) is 31.7 Å². The molecule has 2 fully saturated rings. The molecule has 39 heavy (non-hydrogen) atoms. The van der Waals surface area contributed by atoms with E-state index in [1.54, 1.807) is 17.0 Å². The smallest absolute Gasteiger partial charge is 0.295 e. The summed E-state index contributed by atoms with van der Waals surface area (Å²) in [5.74, 6) is -0.0234. The molecule has 0 radical (unpaired) electrons. The first-order valence-electron chi connectivity index (χ1n) is 14.0. The number of aryl methyl sites for hydroxylation is 1. The Morgan fingerprint density at radius 2 is 1.69 bits per heavy atom. The number of ketones is 1. The number of aliphatic hydroxyl groups is 1. The fourth-order valence-electron chi connectivity index (χ4n) is 5.12. The number of likely N-dealkylation sites (tertiary alicyclic amines) is 1. The van der Waals surface area contributed by atoms with E-state index in [9.17, 15) is 14.7 Å². The van der Waals surface area contributed by atoms with Crippen molar-refractivity contribution in [1.29, 1.82) is 0 Å². The van der Waals surface area contributed by atoms with Crippen molar-refractivity contribution in [3.63, 3.8) is 0 Å². The number of morpholine rings is 1. The largest absolute Gasteiger partial charge is 0.507 e. The van der Waals surface area contributed by atoms with Crippen molar-refractivity contribution in [3.8, 4) is 11.5 Å². The molecule has 8 heteroatoms. The second kappa shape index (κ2) is 13.6. The summed E-state index contributed by atoms with van der Waals surface area (Å²) in [5.41, 5.74) is 2.12. The van der Waals surface area contributed by atoms with Crippen LogP contribution in [0.15, 0.2) is 48.0 Å². The van der Waals surface area contributed by atoms with Crippen LogP contribution in [0.5, 0.6) is 11.5 Å². The molecule has 2 saturated heterocycles. The van der Waals surface area contributed by atoms with Gasteiger partial charge in [-0.2, -0.15) is 0 Å². The third kappa shape index (κ3) is 6.81. The molecule has 0 bridgehead atoms. The monoisotopic (exact) mass is 536 g/mol. The van der Waals surface area contributed by atoms with E-state index in [1.165, 1.54) is 0 Å². The molecule has 2 aliphatic heterocycles. The second-order valence-corrected chi connectivity index (χ2v) is 9.98. The summed E-state index contributed by atoms with van der Waals surface area (Å²) in [7, 11) is 0. The molecule has 4 rings (SSSR count). The van der Waals surface area contributed by atoms with Gasteiger partial charge < -0.3 is 24.2 Å². The van der Waals surface area contributed by atoms with Crippen molar-refractivity contribution >= 4 is 17.4 Å². The number of rotatable bonds is 12. The van der Waals surface area contributed by atoms with E-state index in [2.05, 4.69) is 11.8 Å². The Morgan fingerprint density at radius 3 is 2.36 bits per heavy atom. The predicted octanol–water partition coefficient (Wildman–Crippen LogP) is 4.72. The molecule has 0 spiro atoms. The maximum absolute atomic E-state index is 13.4. The molecule has 1 atom stereocenters. The number of ether oxygens (including phenoxy) is 3. The molecule has 2 heterocycles. The number of aliphatic hydroxyl groups excluding tert-OH is 1. The van der Waals surface area contributed by atoms with Gasteiger partial charge in [-0.1, -0.05) is 31.9 Å². The zero-order chi connectivity index (χ0) is 27.8. The Bertz CT molecular complexity index is 1170. The minimum atomic E-state index is -0.703. The van der Waals surface area contributed by atoms with Crippen LogP contribution in [0.2, 0.25) is 0 Å². The molecule has 2 aliphatic rings. The zero-order valence-corrected chi connectivity index (χ0v) is 23.3. The lowest BCUT2D eigenvalue weighted by Crippen LogP contribution is -2.42. The second-order valence-electron chi connectivity index (χ2n) is 9.98. The highest BCUT2D eigenvalue weighted by Crippen LogP contribution is 2.40. The summed E-state index contributed by atoms with van der Waals surface area (Å²) in [6.45, 7) is 10.9. The lowest BCUT2D eigenvalue weighted by molar-refractivity contribution is -0.140. The van der Waals surface area contributed by atoms with Gasteiger partial charge in [-0.05, 0) is 61.7 Å². The number of unbranched alkanes of at least 4 members (excludes halogenated alkanes) is 2. The van der Waals surface area contributed by atoms with E-state index in [-0.39, 0.29) is 11.3 Å². The van der Waals surface area contributed by atoms with Crippen LogP contribution in [0.1, 0.15) is 55.8 Å². The van der Waals surface area contributed by atoms with Crippen LogP contribution in [-0.4, -0.2) is 79.2 Å². The highest BCUT2D eigenvalue weighted by Gasteiger charge is 2.46. The number of nitrogens with zero attached hydrogens (tertiary/aromatic N) is 2. The van der Waals surface area contributed by atoms with E-state index in [4.69, 9.17) is 14.2 Å². The molecule has 2 aromatic rings. The van der Waals surface area contributed by atoms with Crippen LogP contribution in [0.3, 0.4) is 0 Å². The summed E-state index contributed by atoms with van der Waals surface area (Å²) < 4.78 is 16.9. The van der Waals surface area contributed by atoms with Crippen molar-refractivity contribution in [2.75, 3.05) is 52.6 Å². The van der Waals surface area contributed by atoms with Gasteiger partial charge in [0.15, 0.2) is 0 Å². The van der Waals surface area contributed by atoms with Crippen molar-refractivity contribution in [2.24, 2.45) is 0 Å². The fraction of sp³-hybridized carbons (Fsp3) is 0.484. The minimum Gasteiger partial charge on any atom is -0.507 e. The van der Waals surface area contributed by atoms with Crippen LogP contribution in [0.4, 0.5) is 0 Å². The van der Waals surface area contributed by atoms with Gasteiger partial charge in [-0.25, -0.2) is 0 Å². The van der Waals surface area contributed by atoms with E-state index in [0.29, 0.717) is 50.8 Å². The number of benzene rings is 2. The number of carbonyl (C=O) groups excluding carboxylic acids is 2. The van der Waals surface area contributed by atoms with Gasteiger partial charge in [-0.15, -0.1) is 0 Å². The summed E-state index contributed by atoms with van der Waals surface area (Å²) >= 11 is 0. The number of carbonyl (C=O) groups is 2. The van der Waals surface area contributed by atoms with Gasteiger partial charge in [0.2, 0.25) is 0 Å². The SMILES string of the molecule is CCCCCOc1ccc(C2C(=C(O)c3ccc(OCC)cc3C)C(=O)C(=O)N2CCN2CCOCC2)cc1. The molecule has 1 amide bonds. The Hall–Kier alpha value is -3.36. The van der Waals surface area contributed by atoms with Crippen LogP contribution in [0.25, 0.3) is 5.76 Å². The lowest BCUT2D eigenvalue weighted by Gasteiger charge is -2.31.